The van der Waals surface area contributed by atoms with Gasteiger partial charge in [-0.3, -0.25) is 19.7 Å². The van der Waals surface area contributed by atoms with Crippen LogP contribution in [-0.4, -0.2) is 44.6 Å². The molecule has 8 heteroatoms. The lowest BCUT2D eigenvalue weighted by Gasteiger charge is -2.21. The van der Waals surface area contributed by atoms with Gasteiger partial charge in [0.15, 0.2) is 11.5 Å². The Bertz CT molecular complexity index is 599. The Labute approximate surface area is 133 Å². The first-order chi connectivity index (χ1) is 10.8. The van der Waals surface area contributed by atoms with E-state index in [0.29, 0.717) is 17.1 Å². The highest BCUT2D eigenvalue weighted by atomic mass is 16.6. The van der Waals surface area contributed by atoms with Crippen LogP contribution < -0.4 is 9.47 Å². The maximum atomic E-state index is 11.9. The first-order valence-corrected chi connectivity index (χ1v) is 6.77. The number of ketones is 1. The molecule has 0 aliphatic carbocycles. The molecule has 23 heavy (non-hydrogen) atoms. The molecule has 0 aliphatic rings. The summed E-state index contributed by atoms with van der Waals surface area (Å²) >= 11 is 0. The zero-order valence-electron chi connectivity index (χ0n) is 13.4. The van der Waals surface area contributed by atoms with Crippen LogP contribution in [0.5, 0.6) is 11.5 Å². The number of carbonyl (C=O) groups excluding carboxylic acids is 2. The fourth-order valence-electron chi connectivity index (χ4n) is 2.39. The number of nitro groups is 1. The van der Waals surface area contributed by atoms with Crippen molar-refractivity contribution in [1.29, 1.82) is 0 Å². The first-order valence-electron chi connectivity index (χ1n) is 6.77. The molecule has 0 saturated heterocycles. The average molecular weight is 325 g/mol. The van der Waals surface area contributed by atoms with Crippen LogP contribution in [0.15, 0.2) is 18.2 Å². The van der Waals surface area contributed by atoms with Crippen LogP contribution in [0.4, 0.5) is 0 Å². The van der Waals surface area contributed by atoms with E-state index in [-0.39, 0.29) is 0 Å². The van der Waals surface area contributed by atoms with E-state index in [2.05, 4.69) is 4.74 Å². The predicted molar refractivity (Wildman–Crippen MR) is 80.3 cm³/mol. The molecule has 0 heterocycles. The molecule has 0 bridgehead atoms. The van der Waals surface area contributed by atoms with Crippen LogP contribution in [0.3, 0.4) is 0 Å². The van der Waals surface area contributed by atoms with E-state index in [9.17, 15) is 19.7 Å². The van der Waals surface area contributed by atoms with Gasteiger partial charge in [0.05, 0.1) is 27.2 Å². The maximum absolute atomic E-state index is 11.9. The number of benzene rings is 1. The summed E-state index contributed by atoms with van der Waals surface area (Å²) in [4.78, 5) is 34.2. The number of hydrogen-bond acceptors (Lipinski definition) is 7. The Balaban J connectivity index is 3.37. The molecule has 0 amide bonds. The minimum atomic E-state index is -1.26. The summed E-state index contributed by atoms with van der Waals surface area (Å²) in [5, 5.41) is 11.0. The smallest absolute Gasteiger partial charge is 0.317 e. The Morgan fingerprint density at radius 2 is 1.78 bits per heavy atom. The lowest BCUT2D eigenvalue weighted by atomic mass is 9.83. The number of nitrogens with zero attached hydrogens (tertiary/aromatic N) is 1. The van der Waals surface area contributed by atoms with Crippen LogP contribution >= 0.6 is 0 Å². The predicted octanol–water partition coefficient (Wildman–Crippen LogP) is 1.44. The molecule has 0 N–H and O–H groups in total. The largest absolute Gasteiger partial charge is 0.493 e. The quantitative estimate of drug-likeness (QED) is 0.308. The number of esters is 1. The van der Waals surface area contributed by atoms with Gasteiger partial charge in [-0.2, -0.15) is 0 Å². The van der Waals surface area contributed by atoms with Gasteiger partial charge in [-0.15, -0.1) is 0 Å². The van der Waals surface area contributed by atoms with Crippen LogP contribution in [-0.2, 0) is 14.3 Å². The number of carbonyl (C=O) groups is 2. The number of rotatable bonds is 8. The minimum absolute atomic E-state index is 0.352. The van der Waals surface area contributed by atoms with E-state index >= 15 is 0 Å². The summed E-state index contributed by atoms with van der Waals surface area (Å²) in [6, 6.07) is 4.65. The molecule has 8 nitrogen and oxygen atoms in total. The van der Waals surface area contributed by atoms with Crippen LogP contribution in [0.25, 0.3) is 0 Å². The van der Waals surface area contributed by atoms with E-state index in [1.54, 1.807) is 12.1 Å². The fourth-order valence-corrected chi connectivity index (χ4v) is 2.39. The lowest BCUT2D eigenvalue weighted by molar-refractivity contribution is -0.484. The van der Waals surface area contributed by atoms with Gasteiger partial charge in [-0.05, 0) is 24.6 Å². The second-order valence-corrected chi connectivity index (χ2v) is 4.85. The zero-order valence-corrected chi connectivity index (χ0v) is 13.4. The van der Waals surface area contributed by atoms with Gasteiger partial charge in [-0.1, -0.05) is 6.07 Å². The van der Waals surface area contributed by atoms with Gasteiger partial charge in [0.2, 0.25) is 6.54 Å². The number of methoxy groups -OCH3 is 3. The molecule has 0 aromatic heterocycles. The molecule has 1 aromatic carbocycles. The average Bonchev–Trinajstić information content (AvgIpc) is 2.52. The Morgan fingerprint density at radius 1 is 1.17 bits per heavy atom. The number of ether oxygens (including phenoxy) is 3. The second-order valence-electron chi connectivity index (χ2n) is 4.85. The minimum Gasteiger partial charge on any atom is -0.493 e. The Kier molecular flexibility index (Phi) is 6.49. The van der Waals surface area contributed by atoms with E-state index in [0.717, 1.165) is 7.11 Å². The fraction of sp³-hybridized carbons (Fsp3) is 0.467. The molecule has 0 radical (unpaired) electrons. The first kappa shape index (κ1) is 18.4. The molecule has 1 rings (SSSR count). The molecule has 0 saturated carbocycles. The van der Waals surface area contributed by atoms with E-state index < -0.39 is 35.1 Å². The molecule has 0 unspecified atom stereocenters. The molecule has 2 atom stereocenters. The van der Waals surface area contributed by atoms with Gasteiger partial charge in [0.1, 0.15) is 11.7 Å². The maximum Gasteiger partial charge on any atom is 0.317 e. The summed E-state index contributed by atoms with van der Waals surface area (Å²) in [6.45, 7) is 0.615. The summed E-state index contributed by atoms with van der Waals surface area (Å²) in [5.41, 5.74) is 0.421. The molecular weight excluding hydrogens is 306 g/mol. The summed E-state index contributed by atoms with van der Waals surface area (Å²) < 4.78 is 14.9. The molecule has 0 fully saturated rings. The zero-order chi connectivity index (χ0) is 17.6. The van der Waals surface area contributed by atoms with Crippen molar-refractivity contribution in [3.63, 3.8) is 0 Å². The summed E-state index contributed by atoms with van der Waals surface area (Å²) in [6.07, 6.45) is 0. The third kappa shape index (κ3) is 4.41. The van der Waals surface area contributed by atoms with E-state index in [4.69, 9.17) is 9.47 Å². The van der Waals surface area contributed by atoms with Crippen molar-refractivity contribution >= 4 is 11.8 Å². The van der Waals surface area contributed by atoms with E-state index in [1.807, 2.05) is 0 Å². The molecule has 0 aliphatic heterocycles. The summed E-state index contributed by atoms with van der Waals surface area (Å²) in [5.74, 6) is -2.74. The molecule has 0 spiro atoms. The van der Waals surface area contributed by atoms with Gasteiger partial charge < -0.3 is 14.2 Å². The van der Waals surface area contributed by atoms with E-state index in [1.165, 1.54) is 27.2 Å². The standard InChI is InChI=1S/C15H19NO7/c1-9(17)14(15(18)23-4)11(8-16(19)20)10-5-6-12(21-2)13(7-10)22-3/h5-7,11,14H,8H2,1-4H3/t11-,14+/m0/s1. The van der Waals surface area contributed by atoms with Crippen molar-refractivity contribution in [2.75, 3.05) is 27.9 Å². The molecular formula is C15H19NO7. The van der Waals surface area contributed by atoms with Crippen molar-refractivity contribution in [3.8, 4) is 11.5 Å². The van der Waals surface area contributed by atoms with Crippen LogP contribution in [0.2, 0.25) is 0 Å². The number of hydrogen-bond donors (Lipinski definition) is 0. The van der Waals surface area contributed by atoms with Gasteiger partial charge in [0, 0.05) is 4.92 Å². The summed E-state index contributed by atoms with van der Waals surface area (Å²) in [7, 11) is 4.02. The van der Waals surface area contributed by atoms with Crippen molar-refractivity contribution in [3.05, 3.63) is 33.9 Å². The van der Waals surface area contributed by atoms with Crippen molar-refractivity contribution in [2.24, 2.45) is 5.92 Å². The normalized spacial score (nSPS) is 12.9. The Morgan fingerprint density at radius 3 is 2.22 bits per heavy atom. The topological polar surface area (TPSA) is 105 Å². The highest BCUT2D eigenvalue weighted by Gasteiger charge is 2.38. The highest BCUT2D eigenvalue weighted by molar-refractivity contribution is 5.98. The molecule has 126 valence electrons. The van der Waals surface area contributed by atoms with Crippen LogP contribution in [0.1, 0.15) is 18.4 Å². The van der Waals surface area contributed by atoms with Crippen LogP contribution in [0, 0.1) is 16.0 Å². The highest BCUT2D eigenvalue weighted by Crippen LogP contribution is 2.34. The monoisotopic (exact) mass is 325 g/mol. The lowest BCUT2D eigenvalue weighted by Crippen LogP contribution is -2.33. The van der Waals surface area contributed by atoms with Gasteiger partial charge in [0.25, 0.3) is 0 Å². The number of Topliss-reactive ketones (excluding diaryl/α,β-unsaturated/α-hetero) is 1. The van der Waals surface area contributed by atoms with Crippen molar-refractivity contribution < 1.29 is 28.7 Å². The van der Waals surface area contributed by atoms with Gasteiger partial charge >= 0.3 is 5.97 Å². The van der Waals surface area contributed by atoms with Crippen molar-refractivity contribution in [2.45, 2.75) is 12.8 Å². The third-order valence-electron chi connectivity index (χ3n) is 3.48. The SMILES string of the molecule is COC(=O)[C@H](C(C)=O)[C@@H](C[N+](=O)[O-])c1ccc(OC)c(OC)c1. The van der Waals surface area contributed by atoms with Crippen molar-refractivity contribution in [1.82, 2.24) is 0 Å². The third-order valence-corrected chi connectivity index (χ3v) is 3.48. The second kappa shape index (κ2) is 8.11. The molecule has 1 aromatic rings. The Hall–Kier alpha value is -2.64. The van der Waals surface area contributed by atoms with Gasteiger partial charge in [-0.25, -0.2) is 0 Å².